The van der Waals surface area contributed by atoms with E-state index in [-0.39, 0.29) is 11.6 Å². The average Bonchev–Trinajstić information content (AvgIpc) is 2.35. The van der Waals surface area contributed by atoms with Gasteiger partial charge in [0.15, 0.2) is 0 Å². The van der Waals surface area contributed by atoms with Gasteiger partial charge in [-0.25, -0.2) is 0 Å². The van der Waals surface area contributed by atoms with E-state index in [1.54, 1.807) is 14.2 Å². The lowest BCUT2D eigenvalue weighted by atomic mass is 9.90. The number of methoxy groups -OCH3 is 2. The Labute approximate surface area is 116 Å². The Morgan fingerprint density at radius 2 is 1.89 bits per heavy atom. The minimum absolute atomic E-state index is 0.00880. The third kappa shape index (κ3) is 3.93. The highest BCUT2D eigenvalue weighted by molar-refractivity contribution is 5.45. The molecule has 0 saturated carbocycles. The van der Waals surface area contributed by atoms with Gasteiger partial charge in [-0.1, -0.05) is 6.07 Å². The van der Waals surface area contributed by atoms with E-state index in [0.717, 1.165) is 17.7 Å². The Hall–Kier alpha value is -1.10. The predicted octanol–water partition coefficient (Wildman–Crippen LogP) is 2.63. The molecule has 0 aliphatic heterocycles. The molecule has 3 N–H and O–H groups in total. The van der Waals surface area contributed by atoms with Crippen molar-refractivity contribution in [3.8, 4) is 5.75 Å². The van der Waals surface area contributed by atoms with E-state index in [9.17, 15) is 0 Å². The Morgan fingerprint density at radius 3 is 2.37 bits per heavy atom. The van der Waals surface area contributed by atoms with Crippen LogP contribution in [-0.2, 0) is 4.74 Å². The van der Waals surface area contributed by atoms with Gasteiger partial charge < -0.3 is 9.47 Å². The Bertz CT molecular complexity index is 430. The van der Waals surface area contributed by atoms with Crippen LogP contribution in [0.15, 0.2) is 12.1 Å². The van der Waals surface area contributed by atoms with Gasteiger partial charge in [0.2, 0.25) is 0 Å². The van der Waals surface area contributed by atoms with E-state index in [0.29, 0.717) is 0 Å². The number of aryl methyl sites for hydroxylation is 2. The fraction of sp³-hybridized carbons (Fsp3) is 0.600. The van der Waals surface area contributed by atoms with Crippen LogP contribution in [0.5, 0.6) is 5.75 Å². The molecule has 1 unspecified atom stereocenters. The smallest absolute Gasteiger partial charge is 0.124 e. The molecule has 1 aromatic rings. The van der Waals surface area contributed by atoms with Crippen LogP contribution in [0.2, 0.25) is 0 Å². The van der Waals surface area contributed by atoms with Gasteiger partial charge in [-0.15, -0.1) is 0 Å². The molecule has 0 spiro atoms. The summed E-state index contributed by atoms with van der Waals surface area (Å²) in [5.74, 6) is 6.60. The van der Waals surface area contributed by atoms with Crippen LogP contribution >= 0.6 is 0 Å². The number of hydrogen-bond acceptors (Lipinski definition) is 4. The second-order valence-electron chi connectivity index (χ2n) is 5.58. The van der Waals surface area contributed by atoms with Crippen LogP contribution < -0.4 is 16.0 Å². The fourth-order valence-electron chi connectivity index (χ4n) is 2.37. The SMILES string of the molecule is COc1cc(C)cc(C)c1C(CC(C)(C)OC)NN. The van der Waals surface area contributed by atoms with Crippen molar-refractivity contribution < 1.29 is 9.47 Å². The molecule has 0 radical (unpaired) electrons. The van der Waals surface area contributed by atoms with E-state index in [1.807, 2.05) is 19.9 Å². The summed E-state index contributed by atoms with van der Waals surface area (Å²) < 4.78 is 11.0. The Morgan fingerprint density at radius 1 is 1.26 bits per heavy atom. The lowest BCUT2D eigenvalue weighted by Crippen LogP contribution is -2.36. The zero-order valence-corrected chi connectivity index (χ0v) is 12.8. The highest BCUT2D eigenvalue weighted by atomic mass is 16.5. The van der Waals surface area contributed by atoms with Gasteiger partial charge in [-0.05, 0) is 51.3 Å². The lowest BCUT2D eigenvalue weighted by molar-refractivity contribution is 0.00660. The molecule has 0 aromatic heterocycles. The van der Waals surface area contributed by atoms with Gasteiger partial charge in [0.05, 0.1) is 18.8 Å². The van der Waals surface area contributed by atoms with Crippen LogP contribution in [0, 0.1) is 13.8 Å². The number of benzene rings is 1. The van der Waals surface area contributed by atoms with Gasteiger partial charge in [0.25, 0.3) is 0 Å². The van der Waals surface area contributed by atoms with Crippen molar-refractivity contribution in [1.29, 1.82) is 0 Å². The number of hydrazine groups is 1. The van der Waals surface area contributed by atoms with E-state index in [2.05, 4.69) is 25.3 Å². The molecule has 0 bridgehead atoms. The van der Waals surface area contributed by atoms with Crippen LogP contribution in [-0.4, -0.2) is 19.8 Å². The van der Waals surface area contributed by atoms with E-state index in [4.69, 9.17) is 15.3 Å². The second-order valence-corrected chi connectivity index (χ2v) is 5.58. The molecule has 0 heterocycles. The van der Waals surface area contributed by atoms with E-state index >= 15 is 0 Å². The molecular weight excluding hydrogens is 240 g/mol. The molecule has 1 rings (SSSR count). The van der Waals surface area contributed by atoms with Crippen LogP contribution in [0.3, 0.4) is 0 Å². The minimum atomic E-state index is -0.251. The molecule has 19 heavy (non-hydrogen) atoms. The molecule has 0 aliphatic rings. The van der Waals surface area contributed by atoms with Crippen molar-refractivity contribution in [1.82, 2.24) is 5.43 Å². The maximum Gasteiger partial charge on any atom is 0.124 e. The highest BCUT2D eigenvalue weighted by Gasteiger charge is 2.26. The molecule has 0 aliphatic carbocycles. The van der Waals surface area contributed by atoms with E-state index < -0.39 is 0 Å². The standard InChI is InChI=1S/C15H26N2O2/c1-10-7-11(2)14(13(8-10)18-5)12(17-16)9-15(3,4)19-6/h7-8,12,17H,9,16H2,1-6H3. The topological polar surface area (TPSA) is 56.5 Å². The highest BCUT2D eigenvalue weighted by Crippen LogP contribution is 2.34. The number of ether oxygens (including phenoxy) is 2. The van der Waals surface area contributed by atoms with Crippen molar-refractivity contribution in [2.24, 2.45) is 5.84 Å². The third-order valence-corrected chi connectivity index (χ3v) is 3.51. The molecule has 0 fully saturated rings. The van der Waals surface area contributed by atoms with Crippen molar-refractivity contribution in [3.63, 3.8) is 0 Å². The summed E-state index contributed by atoms with van der Waals surface area (Å²) in [7, 11) is 3.40. The van der Waals surface area contributed by atoms with Crippen LogP contribution in [0.25, 0.3) is 0 Å². The number of rotatable bonds is 6. The Balaban J connectivity index is 3.18. The maximum absolute atomic E-state index is 5.74. The molecule has 0 amide bonds. The summed E-state index contributed by atoms with van der Waals surface area (Å²) >= 11 is 0. The lowest BCUT2D eigenvalue weighted by Gasteiger charge is -2.30. The Kier molecular flexibility index (Phi) is 5.35. The third-order valence-electron chi connectivity index (χ3n) is 3.51. The van der Waals surface area contributed by atoms with Gasteiger partial charge in [0.1, 0.15) is 5.75 Å². The zero-order valence-electron chi connectivity index (χ0n) is 12.8. The van der Waals surface area contributed by atoms with Crippen molar-refractivity contribution in [2.45, 2.75) is 45.8 Å². The van der Waals surface area contributed by atoms with Crippen molar-refractivity contribution in [3.05, 3.63) is 28.8 Å². The monoisotopic (exact) mass is 266 g/mol. The largest absolute Gasteiger partial charge is 0.496 e. The molecule has 1 atom stereocenters. The first kappa shape index (κ1) is 16.0. The normalized spacial score (nSPS) is 13.4. The predicted molar refractivity (Wildman–Crippen MR) is 78.2 cm³/mol. The summed E-state index contributed by atoms with van der Waals surface area (Å²) in [5, 5.41) is 0. The summed E-state index contributed by atoms with van der Waals surface area (Å²) in [6, 6.07) is 4.17. The quantitative estimate of drug-likeness (QED) is 0.614. The van der Waals surface area contributed by atoms with Crippen LogP contribution in [0.1, 0.15) is 43.0 Å². The molecule has 1 aromatic carbocycles. The molecule has 0 saturated heterocycles. The number of hydrogen-bond donors (Lipinski definition) is 2. The summed E-state index contributed by atoms with van der Waals surface area (Å²) in [6.45, 7) is 8.24. The van der Waals surface area contributed by atoms with Gasteiger partial charge in [-0.3, -0.25) is 11.3 Å². The molecule has 4 heteroatoms. The zero-order chi connectivity index (χ0) is 14.6. The fourth-order valence-corrected chi connectivity index (χ4v) is 2.37. The molecule has 4 nitrogen and oxygen atoms in total. The minimum Gasteiger partial charge on any atom is -0.496 e. The maximum atomic E-state index is 5.74. The van der Waals surface area contributed by atoms with Gasteiger partial charge >= 0.3 is 0 Å². The summed E-state index contributed by atoms with van der Waals surface area (Å²) in [5.41, 5.74) is 6.08. The van der Waals surface area contributed by atoms with E-state index in [1.165, 1.54) is 11.1 Å². The number of nitrogens with two attached hydrogens (primary N) is 1. The number of nitrogens with one attached hydrogen (secondary N) is 1. The van der Waals surface area contributed by atoms with Gasteiger partial charge in [-0.2, -0.15) is 0 Å². The first-order chi connectivity index (χ1) is 8.84. The summed E-state index contributed by atoms with van der Waals surface area (Å²) in [4.78, 5) is 0. The molecular formula is C15H26N2O2. The second kappa shape index (κ2) is 6.37. The van der Waals surface area contributed by atoms with Crippen molar-refractivity contribution >= 4 is 0 Å². The van der Waals surface area contributed by atoms with Gasteiger partial charge in [0, 0.05) is 12.7 Å². The first-order valence-electron chi connectivity index (χ1n) is 6.51. The summed E-state index contributed by atoms with van der Waals surface area (Å²) in [6.07, 6.45) is 0.764. The molecule has 108 valence electrons. The van der Waals surface area contributed by atoms with Crippen LogP contribution in [0.4, 0.5) is 0 Å². The first-order valence-corrected chi connectivity index (χ1v) is 6.51. The average molecular weight is 266 g/mol. The van der Waals surface area contributed by atoms with Crippen molar-refractivity contribution in [2.75, 3.05) is 14.2 Å².